The first-order valence-electron chi connectivity index (χ1n) is 6.08. The predicted octanol–water partition coefficient (Wildman–Crippen LogP) is 2.58. The summed E-state index contributed by atoms with van der Waals surface area (Å²) in [5.74, 6) is 1.76. The molecule has 0 radical (unpaired) electrons. The van der Waals surface area contributed by atoms with Crippen molar-refractivity contribution in [1.29, 1.82) is 0 Å². The monoisotopic (exact) mass is 251 g/mol. The molecule has 3 heteroatoms. The van der Waals surface area contributed by atoms with Gasteiger partial charge >= 0.3 is 0 Å². The Labute approximate surface area is 108 Å². The van der Waals surface area contributed by atoms with Crippen LogP contribution in [0.3, 0.4) is 0 Å². The van der Waals surface area contributed by atoms with Crippen molar-refractivity contribution in [3.05, 3.63) is 29.8 Å². The third-order valence-corrected chi connectivity index (χ3v) is 4.24. The van der Waals surface area contributed by atoms with Crippen molar-refractivity contribution >= 4 is 11.8 Å². The second-order valence-electron chi connectivity index (χ2n) is 5.55. The van der Waals surface area contributed by atoms with Crippen molar-refractivity contribution in [2.45, 2.75) is 30.3 Å². The molecule has 2 rings (SSSR count). The summed E-state index contributed by atoms with van der Waals surface area (Å²) < 4.78 is 0. The molecule has 0 fully saturated rings. The Balaban J connectivity index is 1.98. The van der Waals surface area contributed by atoms with Crippen LogP contribution in [0.25, 0.3) is 0 Å². The Morgan fingerprint density at radius 1 is 1.41 bits per heavy atom. The Morgan fingerprint density at radius 2 is 2.12 bits per heavy atom. The van der Waals surface area contributed by atoms with E-state index >= 15 is 0 Å². The lowest BCUT2D eigenvalue weighted by molar-refractivity contribution is 0.0435. The van der Waals surface area contributed by atoms with Crippen molar-refractivity contribution in [3.63, 3.8) is 0 Å². The highest BCUT2D eigenvalue weighted by molar-refractivity contribution is 7.99. The standard InChI is InChI=1S/C14H21NOS/c1-14(2,16)10-15(3)8-11-9-17-13-7-5-4-6-12(11)13/h4-7,11,16H,8-10H2,1-3H3. The van der Waals surface area contributed by atoms with E-state index in [2.05, 4.69) is 36.2 Å². The summed E-state index contributed by atoms with van der Waals surface area (Å²) in [6.07, 6.45) is 0. The molecule has 2 nitrogen and oxygen atoms in total. The van der Waals surface area contributed by atoms with E-state index in [9.17, 15) is 5.11 Å². The lowest BCUT2D eigenvalue weighted by atomic mass is 10.0. The van der Waals surface area contributed by atoms with Gasteiger partial charge < -0.3 is 10.0 Å². The quantitative estimate of drug-likeness (QED) is 0.889. The maximum atomic E-state index is 9.81. The van der Waals surface area contributed by atoms with Gasteiger partial charge in [-0.3, -0.25) is 0 Å². The van der Waals surface area contributed by atoms with Crippen LogP contribution < -0.4 is 0 Å². The van der Waals surface area contributed by atoms with E-state index < -0.39 is 5.60 Å². The minimum absolute atomic E-state index is 0.601. The van der Waals surface area contributed by atoms with Gasteiger partial charge in [-0.1, -0.05) is 18.2 Å². The molecular weight excluding hydrogens is 230 g/mol. The fraction of sp³-hybridized carbons (Fsp3) is 0.571. The number of likely N-dealkylation sites (N-methyl/N-ethyl adjacent to an activating group) is 1. The number of benzene rings is 1. The molecule has 94 valence electrons. The van der Waals surface area contributed by atoms with E-state index in [0.717, 1.165) is 18.8 Å². The molecule has 1 unspecified atom stereocenters. The third-order valence-electron chi connectivity index (χ3n) is 2.99. The van der Waals surface area contributed by atoms with E-state index in [4.69, 9.17) is 0 Å². The Hall–Kier alpha value is -0.510. The summed E-state index contributed by atoms with van der Waals surface area (Å²) in [5.41, 5.74) is 0.861. The second kappa shape index (κ2) is 5.01. The van der Waals surface area contributed by atoms with Gasteiger partial charge in [0.2, 0.25) is 0 Å². The van der Waals surface area contributed by atoms with Crippen LogP contribution in [0.15, 0.2) is 29.2 Å². The summed E-state index contributed by atoms with van der Waals surface area (Å²) in [6.45, 7) is 5.46. The Bertz CT molecular complexity index is 386. The van der Waals surface area contributed by atoms with Gasteiger partial charge in [-0.25, -0.2) is 0 Å². The second-order valence-corrected chi connectivity index (χ2v) is 6.62. The van der Waals surface area contributed by atoms with E-state index in [-0.39, 0.29) is 0 Å². The highest BCUT2D eigenvalue weighted by Gasteiger charge is 2.25. The van der Waals surface area contributed by atoms with Gasteiger partial charge in [0, 0.05) is 29.7 Å². The molecule has 1 atom stereocenters. The average molecular weight is 251 g/mol. The van der Waals surface area contributed by atoms with E-state index in [1.807, 2.05) is 25.6 Å². The minimum Gasteiger partial charge on any atom is -0.389 e. The molecule has 0 amide bonds. The van der Waals surface area contributed by atoms with Gasteiger partial charge in [-0.05, 0) is 32.5 Å². The highest BCUT2D eigenvalue weighted by atomic mass is 32.2. The molecule has 17 heavy (non-hydrogen) atoms. The first kappa shape index (κ1) is 12.9. The van der Waals surface area contributed by atoms with Crippen LogP contribution in [-0.2, 0) is 0 Å². The zero-order valence-electron chi connectivity index (χ0n) is 10.8. The molecule has 1 aliphatic heterocycles. The van der Waals surface area contributed by atoms with Crippen molar-refractivity contribution in [1.82, 2.24) is 4.90 Å². The van der Waals surface area contributed by atoms with E-state index in [0.29, 0.717) is 5.92 Å². The smallest absolute Gasteiger partial charge is 0.0718 e. The largest absolute Gasteiger partial charge is 0.389 e. The molecule has 1 aliphatic rings. The van der Waals surface area contributed by atoms with Gasteiger partial charge in [0.25, 0.3) is 0 Å². The van der Waals surface area contributed by atoms with Crippen LogP contribution in [-0.4, -0.2) is 41.5 Å². The molecule has 1 aromatic carbocycles. The SMILES string of the molecule is CN(CC1CSc2ccccc21)CC(C)(C)O. The lowest BCUT2D eigenvalue weighted by Gasteiger charge is -2.27. The van der Waals surface area contributed by atoms with Gasteiger partial charge in [0.1, 0.15) is 0 Å². The summed E-state index contributed by atoms with van der Waals surface area (Å²) in [5, 5.41) is 9.81. The number of hydrogen-bond acceptors (Lipinski definition) is 3. The number of hydrogen-bond donors (Lipinski definition) is 1. The first-order valence-corrected chi connectivity index (χ1v) is 7.07. The van der Waals surface area contributed by atoms with Crippen molar-refractivity contribution in [3.8, 4) is 0 Å². The average Bonchev–Trinajstić information content (AvgIpc) is 2.59. The molecule has 0 saturated carbocycles. The van der Waals surface area contributed by atoms with Crippen LogP contribution in [0.4, 0.5) is 0 Å². The third kappa shape index (κ3) is 3.47. The summed E-state index contributed by atoms with van der Waals surface area (Å²) >= 11 is 1.95. The van der Waals surface area contributed by atoms with Gasteiger partial charge in [0.15, 0.2) is 0 Å². The number of nitrogens with zero attached hydrogens (tertiary/aromatic N) is 1. The first-order chi connectivity index (χ1) is 7.96. The maximum Gasteiger partial charge on any atom is 0.0718 e. The number of rotatable bonds is 4. The molecule has 0 saturated heterocycles. The van der Waals surface area contributed by atoms with Crippen LogP contribution in [0.2, 0.25) is 0 Å². The minimum atomic E-state index is -0.611. The molecular formula is C14H21NOS. The predicted molar refractivity (Wildman–Crippen MR) is 73.7 cm³/mol. The topological polar surface area (TPSA) is 23.5 Å². The zero-order valence-corrected chi connectivity index (χ0v) is 11.6. The molecule has 0 bridgehead atoms. The van der Waals surface area contributed by atoms with Gasteiger partial charge in [-0.15, -0.1) is 11.8 Å². The summed E-state index contributed by atoms with van der Waals surface area (Å²) in [7, 11) is 2.09. The van der Waals surface area contributed by atoms with E-state index in [1.54, 1.807) is 0 Å². The summed E-state index contributed by atoms with van der Waals surface area (Å²) in [4.78, 5) is 3.65. The van der Waals surface area contributed by atoms with Crippen molar-refractivity contribution in [2.75, 3.05) is 25.9 Å². The van der Waals surface area contributed by atoms with Crippen LogP contribution >= 0.6 is 11.8 Å². The Morgan fingerprint density at radius 3 is 2.82 bits per heavy atom. The fourth-order valence-corrected chi connectivity index (χ4v) is 3.72. The highest BCUT2D eigenvalue weighted by Crippen LogP contribution is 2.39. The molecule has 0 aliphatic carbocycles. The summed E-state index contributed by atoms with van der Waals surface area (Å²) in [6, 6.07) is 8.66. The van der Waals surface area contributed by atoms with Crippen LogP contribution in [0.5, 0.6) is 0 Å². The van der Waals surface area contributed by atoms with Gasteiger partial charge in [0.05, 0.1) is 5.60 Å². The normalized spacial score (nSPS) is 19.7. The number of aliphatic hydroxyl groups is 1. The molecule has 1 aromatic rings. The Kier molecular flexibility index (Phi) is 3.81. The number of thioether (sulfide) groups is 1. The van der Waals surface area contributed by atoms with Crippen molar-refractivity contribution in [2.24, 2.45) is 0 Å². The zero-order chi connectivity index (χ0) is 12.5. The lowest BCUT2D eigenvalue weighted by Crippen LogP contribution is -2.38. The van der Waals surface area contributed by atoms with Crippen molar-refractivity contribution < 1.29 is 5.11 Å². The fourth-order valence-electron chi connectivity index (χ4n) is 2.48. The maximum absolute atomic E-state index is 9.81. The van der Waals surface area contributed by atoms with E-state index in [1.165, 1.54) is 10.5 Å². The van der Waals surface area contributed by atoms with Gasteiger partial charge in [-0.2, -0.15) is 0 Å². The molecule has 0 aromatic heterocycles. The molecule has 1 N–H and O–H groups in total. The molecule has 1 heterocycles. The number of fused-ring (bicyclic) bond motifs is 1. The van der Waals surface area contributed by atoms with Crippen LogP contribution in [0.1, 0.15) is 25.3 Å². The van der Waals surface area contributed by atoms with Crippen LogP contribution in [0, 0.1) is 0 Å². The molecule has 0 spiro atoms.